The molecule has 1 aliphatic rings. The lowest BCUT2D eigenvalue weighted by molar-refractivity contribution is -0.131. The third kappa shape index (κ3) is 3.18. The van der Waals surface area contributed by atoms with Gasteiger partial charge in [-0.25, -0.2) is 4.79 Å². The average molecular weight is 270 g/mol. The van der Waals surface area contributed by atoms with Gasteiger partial charge in [-0.15, -0.1) is 0 Å². The van der Waals surface area contributed by atoms with Crippen molar-refractivity contribution in [3.8, 4) is 5.75 Å². The fourth-order valence-electron chi connectivity index (χ4n) is 2.08. The Morgan fingerprint density at radius 1 is 1.30 bits per heavy atom. The zero-order valence-electron chi connectivity index (χ0n) is 11.9. The van der Waals surface area contributed by atoms with Crippen molar-refractivity contribution < 1.29 is 14.6 Å². The Morgan fingerprint density at radius 2 is 2.00 bits per heavy atom. The first kappa shape index (κ1) is 14.1. The van der Waals surface area contributed by atoms with Crippen LogP contribution in [0, 0.1) is 0 Å². The third-order valence-corrected chi connectivity index (χ3v) is 3.17. The van der Waals surface area contributed by atoms with Crippen LogP contribution < -0.4 is 4.74 Å². The summed E-state index contributed by atoms with van der Waals surface area (Å²) in [6.07, 6.45) is 6.95. The Hall–Kier alpha value is -2.29. The van der Waals surface area contributed by atoms with Crippen LogP contribution in [0.3, 0.4) is 0 Å². The van der Waals surface area contributed by atoms with Crippen molar-refractivity contribution in [1.82, 2.24) is 0 Å². The number of ether oxygens (including phenoxy) is 1. The minimum atomic E-state index is -0.939. The number of rotatable bonds is 3. The molecule has 0 spiro atoms. The zero-order chi connectivity index (χ0) is 14.8. The second-order valence-electron chi connectivity index (χ2n) is 5.31. The lowest BCUT2D eigenvalue weighted by Gasteiger charge is -2.32. The first-order valence-electron chi connectivity index (χ1n) is 6.48. The van der Waals surface area contributed by atoms with Crippen molar-refractivity contribution in [2.24, 2.45) is 0 Å². The van der Waals surface area contributed by atoms with Crippen LogP contribution in [0.15, 0.2) is 53.6 Å². The average Bonchev–Trinajstić information content (AvgIpc) is 2.34. The number of hydrogen-bond acceptors (Lipinski definition) is 2. The normalized spacial score (nSPS) is 17.4. The van der Waals surface area contributed by atoms with Crippen molar-refractivity contribution in [3.05, 3.63) is 59.2 Å². The van der Waals surface area contributed by atoms with E-state index < -0.39 is 11.6 Å². The first-order valence-corrected chi connectivity index (χ1v) is 6.48. The maximum absolute atomic E-state index is 10.6. The summed E-state index contributed by atoms with van der Waals surface area (Å²) in [6, 6.07) is 7.86. The summed E-state index contributed by atoms with van der Waals surface area (Å²) in [7, 11) is 0. The predicted octanol–water partition coefficient (Wildman–Crippen LogP) is 3.83. The van der Waals surface area contributed by atoms with Gasteiger partial charge in [0.1, 0.15) is 11.4 Å². The second kappa shape index (κ2) is 5.37. The Bertz CT molecular complexity index is 619. The molecular formula is C17H18O3. The molecule has 1 heterocycles. The van der Waals surface area contributed by atoms with E-state index in [1.165, 1.54) is 6.08 Å². The van der Waals surface area contributed by atoms with Crippen LogP contribution in [-0.4, -0.2) is 16.7 Å². The molecule has 0 unspecified atom stereocenters. The number of aliphatic carboxylic acids is 1. The van der Waals surface area contributed by atoms with E-state index in [2.05, 4.69) is 6.08 Å². The van der Waals surface area contributed by atoms with E-state index in [1.54, 1.807) is 13.0 Å². The number of fused-ring (bicyclic) bond motifs is 1. The minimum absolute atomic E-state index is 0.436. The molecule has 0 amide bonds. The Labute approximate surface area is 118 Å². The fourth-order valence-corrected chi connectivity index (χ4v) is 2.08. The van der Waals surface area contributed by atoms with Crippen LogP contribution in [0.5, 0.6) is 5.75 Å². The highest BCUT2D eigenvalue weighted by atomic mass is 16.5. The van der Waals surface area contributed by atoms with Crippen molar-refractivity contribution in [3.63, 3.8) is 0 Å². The molecule has 0 fully saturated rings. The molecule has 0 aromatic heterocycles. The summed E-state index contributed by atoms with van der Waals surface area (Å²) >= 11 is 0. The highest BCUT2D eigenvalue weighted by molar-refractivity contribution is 5.81. The molecule has 3 heteroatoms. The topological polar surface area (TPSA) is 46.5 Å². The Kier molecular flexibility index (Phi) is 3.79. The Balaban J connectivity index is 2.33. The zero-order valence-corrected chi connectivity index (χ0v) is 11.9. The molecule has 0 atom stereocenters. The van der Waals surface area contributed by atoms with Gasteiger partial charge >= 0.3 is 5.97 Å². The van der Waals surface area contributed by atoms with E-state index >= 15 is 0 Å². The summed E-state index contributed by atoms with van der Waals surface area (Å²) in [5.41, 5.74) is 2.29. The van der Waals surface area contributed by atoms with E-state index in [-0.39, 0.29) is 0 Å². The predicted molar refractivity (Wildman–Crippen MR) is 79.7 cm³/mol. The molecule has 0 aliphatic carbocycles. The summed E-state index contributed by atoms with van der Waals surface area (Å²) in [4.78, 5) is 10.6. The van der Waals surface area contributed by atoms with Crippen LogP contribution in [0.1, 0.15) is 26.3 Å². The maximum atomic E-state index is 10.6. The molecule has 2 rings (SSSR count). The number of benzene rings is 1. The molecule has 0 bridgehead atoms. The molecule has 104 valence electrons. The van der Waals surface area contributed by atoms with Crippen molar-refractivity contribution in [1.29, 1.82) is 0 Å². The third-order valence-electron chi connectivity index (χ3n) is 3.17. The van der Waals surface area contributed by atoms with E-state index in [1.807, 2.05) is 44.2 Å². The van der Waals surface area contributed by atoms with Crippen LogP contribution in [0.2, 0.25) is 0 Å². The minimum Gasteiger partial charge on any atom is -0.483 e. The largest absolute Gasteiger partial charge is 0.483 e. The number of hydrogen-bond donors (Lipinski definition) is 1. The highest BCUT2D eigenvalue weighted by Crippen LogP contribution is 2.35. The lowest BCUT2D eigenvalue weighted by Crippen LogP contribution is -2.32. The smallest absolute Gasteiger partial charge is 0.328 e. The van der Waals surface area contributed by atoms with E-state index in [4.69, 9.17) is 9.84 Å². The molecule has 0 radical (unpaired) electrons. The SMILES string of the molecule is CC(/C=C/C1=Cc2ccccc2OC1(C)C)=C\C(=O)O. The summed E-state index contributed by atoms with van der Waals surface area (Å²) in [5, 5.41) is 8.70. The standard InChI is InChI=1S/C17H18O3/c1-12(10-16(18)19)8-9-14-11-13-6-4-5-7-15(13)20-17(14,2)3/h4-11H,1-3H3,(H,18,19)/b9-8+,12-10+. The first-order chi connectivity index (χ1) is 9.38. The monoisotopic (exact) mass is 270 g/mol. The van der Waals surface area contributed by atoms with Gasteiger partial charge in [-0.3, -0.25) is 0 Å². The van der Waals surface area contributed by atoms with Crippen LogP contribution in [0.25, 0.3) is 6.08 Å². The summed E-state index contributed by atoms with van der Waals surface area (Å²) in [5.74, 6) is -0.0712. The number of carboxylic acid groups (broad SMARTS) is 1. The van der Waals surface area contributed by atoms with Crippen LogP contribution >= 0.6 is 0 Å². The van der Waals surface area contributed by atoms with Gasteiger partial charge in [0.15, 0.2) is 0 Å². The quantitative estimate of drug-likeness (QED) is 0.670. The van der Waals surface area contributed by atoms with Crippen LogP contribution in [-0.2, 0) is 4.79 Å². The van der Waals surface area contributed by atoms with Gasteiger partial charge < -0.3 is 9.84 Å². The van der Waals surface area contributed by atoms with Crippen molar-refractivity contribution >= 4 is 12.0 Å². The Morgan fingerprint density at radius 3 is 2.70 bits per heavy atom. The number of carboxylic acids is 1. The molecule has 0 saturated carbocycles. The van der Waals surface area contributed by atoms with Gasteiger partial charge in [-0.1, -0.05) is 30.4 Å². The second-order valence-corrected chi connectivity index (χ2v) is 5.31. The lowest BCUT2D eigenvalue weighted by atomic mass is 9.91. The van der Waals surface area contributed by atoms with E-state index in [0.29, 0.717) is 5.57 Å². The molecule has 1 aromatic carbocycles. The van der Waals surface area contributed by atoms with E-state index in [9.17, 15) is 4.79 Å². The molecular weight excluding hydrogens is 252 g/mol. The van der Waals surface area contributed by atoms with Gasteiger partial charge in [0.25, 0.3) is 0 Å². The van der Waals surface area contributed by atoms with Crippen molar-refractivity contribution in [2.75, 3.05) is 0 Å². The maximum Gasteiger partial charge on any atom is 0.328 e. The van der Waals surface area contributed by atoms with Gasteiger partial charge in [0, 0.05) is 11.6 Å². The summed E-state index contributed by atoms with van der Waals surface area (Å²) in [6.45, 7) is 5.75. The highest BCUT2D eigenvalue weighted by Gasteiger charge is 2.28. The number of carbonyl (C=O) groups is 1. The van der Waals surface area contributed by atoms with Gasteiger partial charge in [0.05, 0.1) is 0 Å². The number of para-hydroxylation sites is 1. The number of allylic oxidation sites excluding steroid dienone is 2. The van der Waals surface area contributed by atoms with Crippen molar-refractivity contribution in [2.45, 2.75) is 26.4 Å². The molecule has 20 heavy (non-hydrogen) atoms. The van der Waals surface area contributed by atoms with E-state index in [0.717, 1.165) is 16.9 Å². The van der Waals surface area contributed by atoms with Gasteiger partial charge in [0.2, 0.25) is 0 Å². The van der Waals surface area contributed by atoms with Gasteiger partial charge in [-0.05, 0) is 44.1 Å². The molecule has 1 aliphatic heterocycles. The molecule has 3 nitrogen and oxygen atoms in total. The van der Waals surface area contributed by atoms with Gasteiger partial charge in [-0.2, -0.15) is 0 Å². The molecule has 1 aromatic rings. The molecule has 1 N–H and O–H groups in total. The molecule has 0 saturated heterocycles. The fraction of sp³-hybridized carbons (Fsp3) is 0.235. The van der Waals surface area contributed by atoms with Crippen LogP contribution in [0.4, 0.5) is 0 Å². The summed E-state index contributed by atoms with van der Waals surface area (Å²) < 4.78 is 5.99.